The van der Waals surface area contributed by atoms with E-state index in [1.807, 2.05) is 6.07 Å². The molecular formula is C18H21N3O3. The average molecular weight is 327 g/mol. The van der Waals surface area contributed by atoms with Crippen LogP contribution in [0.15, 0.2) is 53.0 Å². The topological polar surface area (TPSA) is 84.2 Å². The fraction of sp³-hybridized carbons (Fsp3) is 0.278. The standard InChI is InChI=1S/C18H21N3O3/c1-18(2,3)17(23)21-15(10-14-7-5-9-24-14)16(22)20-12-13-6-4-8-19-11-13/h4-11H,12H2,1-3H3,(H,20,22)(H,21,23). The van der Waals surface area contributed by atoms with Crippen molar-refractivity contribution >= 4 is 17.9 Å². The largest absolute Gasteiger partial charge is 0.465 e. The minimum absolute atomic E-state index is 0.133. The van der Waals surface area contributed by atoms with Gasteiger partial charge in [0.15, 0.2) is 0 Å². The fourth-order valence-electron chi connectivity index (χ4n) is 1.76. The van der Waals surface area contributed by atoms with Crippen molar-refractivity contribution in [2.45, 2.75) is 27.3 Å². The Morgan fingerprint density at radius 3 is 2.62 bits per heavy atom. The van der Waals surface area contributed by atoms with Gasteiger partial charge < -0.3 is 15.1 Å². The highest BCUT2D eigenvalue weighted by Crippen LogP contribution is 2.15. The molecule has 0 aromatic carbocycles. The molecular weight excluding hydrogens is 306 g/mol. The Hall–Kier alpha value is -2.89. The highest BCUT2D eigenvalue weighted by molar-refractivity contribution is 6.01. The number of pyridine rings is 1. The third-order valence-electron chi connectivity index (χ3n) is 3.18. The van der Waals surface area contributed by atoms with Crippen LogP contribution < -0.4 is 10.6 Å². The quantitative estimate of drug-likeness (QED) is 0.826. The van der Waals surface area contributed by atoms with Gasteiger partial charge in [0.1, 0.15) is 11.5 Å². The predicted molar refractivity (Wildman–Crippen MR) is 90.4 cm³/mol. The van der Waals surface area contributed by atoms with Gasteiger partial charge in [-0.2, -0.15) is 0 Å². The van der Waals surface area contributed by atoms with Crippen LogP contribution in [-0.4, -0.2) is 16.8 Å². The molecule has 2 aromatic heterocycles. The van der Waals surface area contributed by atoms with Crippen molar-refractivity contribution in [3.8, 4) is 0 Å². The van der Waals surface area contributed by atoms with Crippen LogP contribution in [0.5, 0.6) is 0 Å². The summed E-state index contributed by atoms with van der Waals surface area (Å²) in [6, 6.07) is 7.07. The van der Waals surface area contributed by atoms with E-state index in [0.717, 1.165) is 5.56 Å². The summed E-state index contributed by atoms with van der Waals surface area (Å²) < 4.78 is 5.23. The third-order valence-corrected chi connectivity index (χ3v) is 3.18. The normalized spacial score (nSPS) is 11.9. The molecule has 24 heavy (non-hydrogen) atoms. The van der Waals surface area contributed by atoms with Gasteiger partial charge in [-0.15, -0.1) is 0 Å². The highest BCUT2D eigenvalue weighted by atomic mass is 16.3. The van der Waals surface area contributed by atoms with Crippen LogP contribution in [0.3, 0.4) is 0 Å². The van der Waals surface area contributed by atoms with Crippen LogP contribution in [0.25, 0.3) is 6.08 Å². The zero-order valence-corrected chi connectivity index (χ0v) is 14.0. The van der Waals surface area contributed by atoms with Crippen LogP contribution in [0.2, 0.25) is 0 Å². The van der Waals surface area contributed by atoms with Crippen molar-refractivity contribution in [2.75, 3.05) is 0 Å². The molecule has 0 radical (unpaired) electrons. The summed E-state index contributed by atoms with van der Waals surface area (Å²) in [5.41, 5.74) is 0.380. The number of nitrogens with zero attached hydrogens (tertiary/aromatic N) is 1. The summed E-state index contributed by atoms with van der Waals surface area (Å²) in [4.78, 5) is 28.7. The van der Waals surface area contributed by atoms with Crippen molar-refractivity contribution in [3.63, 3.8) is 0 Å². The fourth-order valence-corrected chi connectivity index (χ4v) is 1.76. The van der Waals surface area contributed by atoms with Gasteiger partial charge >= 0.3 is 0 Å². The molecule has 0 unspecified atom stereocenters. The number of aromatic nitrogens is 1. The van der Waals surface area contributed by atoms with Crippen molar-refractivity contribution in [1.82, 2.24) is 15.6 Å². The molecule has 2 rings (SSSR count). The molecule has 126 valence electrons. The Balaban J connectivity index is 2.12. The van der Waals surface area contributed by atoms with E-state index in [4.69, 9.17) is 4.42 Å². The summed E-state index contributed by atoms with van der Waals surface area (Å²) in [5, 5.41) is 5.43. The van der Waals surface area contributed by atoms with Gasteiger partial charge in [-0.3, -0.25) is 14.6 Å². The van der Waals surface area contributed by atoms with E-state index in [1.54, 1.807) is 51.4 Å². The number of carbonyl (C=O) groups excluding carboxylic acids is 2. The monoisotopic (exact) mass is 327 g/mol. The molecule has 2 N–H and O–H groups in total. The van der Waals surface area contributed by atoms with Crippen LogP contribution in [0.1, 0.15) is 32.1 Å². The first-order valence-electron chi connectivity index (χ1n) is 7.60. The van der Waals surface area contributed by atoms with Gasteiger partial charge in [0.05, 0.1) is 6.26 Å². The van der Waals surface area contributed by atoms with Gasteiger partial charge in [-0.25, -0.2) is 0 Å². The van der Waals surface area contributed by atoms with Crippen molar-refractivity contribution in [2.24, 2.45) is 5.41 Å². The van der Waals surface area contributed by atoms with E-state index in [2.05, 4.69) is 15.6 Å². The van der Waals surface area contributed by atoms with Gasteiger partial charge in [0.25, 0.3) is 5.91 Å². The second-order valence-corrected chi connectivity index (χ2v) is 6.32. The van der Waals surface area contributed by atoms with E-state index in [1.165, 1.54) is 12.3 Å². The molecule has 0 aliphatic carbocycles. The minimum atomic E-state index is -0.619. The summed E-state index contributed by atoms with van der Waals surface area (Å²) in [6.45, 7) is 5.65. The van der Waals surface area contributed by atoms with Crippen molar-refractivity contribution in [1.29, 1.82) is 0 Å². The molecule has 6 nitrogen and oxygen atoms in total. The SMILES string of the molecule is CC(C)(C)C(=O)NC(=Cc1ccco1)C(=O)NCc1cccnc1. The maximum atomic E-state index is 12.4. The number of hydrogen-bond acceptors (Lipinski definition) is 4. The first-order valence-corrected chi connectivity index (χ1v) is 7.60. The summed E-state index contributed by atoms with van der Waals surface area (Å²) in [5.74, 6) is -0.166. The van der Waals surface area contributed by atoms with Crippen LogP contribution >= 0.6 is 0 Å². The minimum Gasteiger partial charge on any atom is -0.465 e. The molecule has 0 aliphatic heterocycles. The molecule has 0 spiro atoms. The Morgan fingerprint density at radius 1 is 1.25 bits per heavy atom. The molecule has 2 aromatic rings. The summed E-state index contributed by atoms with van der Waals surface area (Å²) in [6.07, 6.45) is 6.34. The van der Waals surface area contributed by atoms with Crippen LogP contribution in [0.4, 0.5) is 0 Å². The smallest absolute Gasteiger partial charge is 0.268 e. The second-order valence-electron chi connectivity index (χ2n) is 6.32. The maximum Gasteiger partial charge on any atom is 0.268 e. The number of nitrogens with one attached hydrogen (secondary N) is 2. The molecule has 0 atom stereocenters. The van der Waals surface area contributed by atoms with Gasteiger partial charge in [-0.1, -0.05) is 26.8 Å². The number of amides is 2. The van der Waals surface area contributed by atoms with Crippen LogP contribution in [0, 0.1) is 5.41 Å². The average Bonchev–Trinajstić information content (AvgIpc) is 3.05. The number of hydrogen-bond donors (Lipinski definition) is 2. The Kier molecular flexibility index (Phi) is 5.52. The molecule has 0 fully saturated rings. The lowest BCUT2D eigenvalue weighted by molar-refractivity contribution is -0.129. The Labute approximate surface area is 141 Å². The maximum absolute atomic E-state index is 12.4. The lowest BCUT2D eigenvalue weighted by Gasteiger charge is -2.19. The van der Waals surface area contributed by atoms with Crippen molar-refractivity contribution in [3.05, 3.63) is 59.9 Å². The molecule has 0 bridgehead atoms. The first kappa shape index (κ1) is 17.5. The van der Waals surface area contributed by atoms with Gasteiger partial charge in [0.2, 0.25) is 5.91 Å². The molecule has 6 heteroatoms. The number of furan rings is 1. The highest BCUT2D eigenvalue weighted by Gasteiger charge is 2.24. The van der Waals surface area contributed by atoms with E-state index in [0.29, 0.717) is 12.3 Å². The summed E-state index contributed by atoms with van der Waals surface area (Å²) >= 11 is 0. The van der Waals surface area contributed by atoms with Gasteiger partial charge in [-0.05, 0) is 23.8 Å². The third kappa shape index (κ3) is 5.08. The molecule has 2 heterocycles. The molecule has 2 amide bonds. The van der Waals surface area contributed by atoms with E-state index >= 15 is 0 Å². The van der Waals surface area contributed by atoms with Crippen molar-refractivity contribution < 1.29 is 14.0 Å². The van der Waals surface area contributed by atoms with E-state index in [-0.39, 0.29) is 11.6 Å². The summed E-state index contributed by atoms with van der Waals surface area (Å²) in [7, 11) is 0. The van der Waals surface area contributed by atoms with Crippen LogP contribution in [-0.2, 0) is 16.1 Å². The molecule has 0 aliphatic rings. The van der Waals surface area contributed by atoms with Gasteiger partial charge in [0, 0.05) is 30.4 Å². The Morgan fingerprint density at radius 2 is 2.04 bits per heavy atom. The predicted octanol–water partition coefficient (Wildman–Crippen LogP) is 2.49. The molecule has 0 saturated carbocycles. The second kappa shape index (κ2) is 7.59. The Bertz CT molecular complexity index is 714. The first-order chi connectivity index (χ1) is 11.4. The lowest BCUT2D eigenvalue weighted by atomic mass is 9.95. The number of rotatable bonds is 5. The van der Waals surface area contributed by atoms with E-state index in [9.17, 15) is 9.59 Å². The number of carbonyl (C=O) groups is 2. The zero-order valence-electron chi connectivity index (χ0n) is 14.0. The lowest BCUT2D eigenvalue weighted by Crippen LogP contribution is -2.39. The zero-order chi connectivity index (χ0) is 17.6. The van der Waals surface area contributed by atoms with E-state index < -0.39 is 11.3 Å². The molecule has 0 saturated heterocycles.